The van der Waals surface area contributed by atoms with Crippen molar-refractivity contribution in [2.24, 2.45) is 0 Å². The molecule has 0 saturated carbocycles. The van der Waals surface area contributed by atoms with Gasteiger partial charge in [-0.2, -0.15) is 26.3 Å². The molecule has 0 radical (unpaired) electrons. The fourth-order valence-electron chi connectivity index (χ4n) is 9.93. The van der Waals surface area contributed by atoms with E-state index < -0.39 is 23.5 Å². The monoisotopic (exact) mass is 926 g/mol. The molecule has 0 aliphatic carbocycles. The molecule has 0 atom stereocenters. The standard InChI is InChI=1S/C60H36F6N4/c61-59(62,63)44-17-11-16-43(32-44)45-26-27-54(69-52-20-9-7-18-46(52)48-24-22-39(35-55(48)69)41-28-30-67-50(33-41)37-12-3-1-4-13-37)57(60(64,65)66)58(45)70-53-21-10-8-19-47(53)49-25-23-40(36-56(49)70)42-29-31-68-51(34-42)38-14-5-2-6-15-38/h1-36H. The van der Waals surface area contributed by atoms with Crippen molar-refractivity contribution in [1.29, 1.82) is 0 Å². The van der Waals surface area contributed by atoms with Crippen molar-refractivity contribution in [2.45, 2.75) is 12.4 Å². The number of para-hydroxylation sites is 2. The lowest BCUT2D eigenvalue weighted by Crippen LogP contribution is -2.17. The van der Waals surface area contributed by atoms with Crippen LogP contribution in [0, 0.1) is 0 Å². The molecule has 12 rings (SSSR count). The van der Waals surface area contributed by atoms with E-state index in [0.29, 0.717) is 44.1 Å². The van der Waals surface area contributed by atoms with E-state index in [4.69, 9.17) is 0 Å². The van der Waals surface area contributed by atoms with E-state index in [2.05, 4.69) is 9.97 Å². The summed E-state index contributed by atoms with van der Waals surface area (Å²) in [6, 6.07) is 60.4. The summed E-state index contributed by atoms with van der Waals surface area (Å²) in [6.07, 6.45) is -6.40. The van der Waals surface area contributed by atoms with Crippen LogP contribution in [0.15, 0.2) is 219 Å². The van der Waals surface area contributed by atoms with Gasteiger partial charge in [0.15, 0.2) is 0 Å². The highest BCUT2D eigenvalue weighted by molar-refractivity contribution is 6.12. The van der Waals surface area contributed by atoms with Crippen LogP contribution in [-0.4, -0.2) is 19.1 Å². The van der Waals surface area contributed by atoms with E-state index >= 15 is 13.2 Å². The lowest BCUT2D eigenvalue weighted by Gasteiger charge is -2.25. The molecule has 0 N–H and O–H groups in total. The third kappa shape index (κ3) is 7.27. The fraction of sp³-hybridized carbons (Fsp3) is 0.0333. The maximum Gasteiger partial charge on any atom is 0.420 e. The van der Waals surface area contributed by atoms with E-state index in [1.165, 1.54) is 24.3 Å². The largest absolute Gasteiger partial charge is 0.420 e. The van der Waals surface area contributed by atoms with Crippen LogP contribution in [0.5, 0.6) is 0 Å². The van der Waals surface area contributed by atoms with Gasteiger partial charge in [0, 0.05) is 50.6 Å². The molecule has 338 valence electrons. The summed E-state index contributed by atoms with van der Waals surface area (Å²) in [6.45, 7) is 0. The summed E-state index contributed by atoms with van der Waals surface area (Å²) in [4.78, 5) is 9.21. The van der Waals surface area contributed by atoms with Gasteiger partial charge < -0.3 is 9.13 Å². The molecule has 0 saturated heterocycles. The first-order valence-electron chi connectivity index (χ1n) is 22.5. The van der Waals surface area contributed by atoms with E-state index in [-0.39, 0.29) is 22.5 Å². The maximum absolute atomic E-state index is 16.9. The minimum Gasteiger partial charge on any atom is -0.309 e. The molecule has 0 fully saturated rings. The Morgan fingerprint density at radius 3 is 1.34 bits per heavy atom. The lowest BCUT2D eigenvalue weighted by molar-refractivity contribution is -0.138. The van der Waals surface area contributed by atoms with Gasteiger partial charge in [0.2, 0.25) is 0 Å². The van der Waals surface area contributed by atoms with Crippen molar-refractivity contribution in [3.8, 4) is 67.3 Å². The van der Waals surface area contributed by atoms with Gasteiger partial charge in [0.1, 0.15) is 5.56 Å². The first-order chi connectivity index (χ1) is 34.0. The number of benzene rings is 8. The third-order valence-electron chi connectivity index (χ3n) is 13.1. The molecule has 0 aliphatic rings. The Kier molecular flexibility index (Phi) is 10.0. The van der Waals surface area contributed by atoms with Gasteiger partial charge in [-0.3, -0.25) is 9.97 Å². The Labute approximate surface area is 397 Å². The molecular weight excluding hydrogens is 891 g/mol. The van der Waals surface area contributed by atoms with Gasteiger partial charge in [0.05, 0.1) is 50.4 Å². The number of rotatable bonds is 7. The number of nitrogens with zero attached hydrogens (tertiary/aromatic N) is 4. The van der Waals surface area contributed by atoms with Crippen LogP contribution < -0.4 is 0 Å². The normalized spacial score (nSPS) is 12.1. The predicted molar refractivity (Wildman–Crippen MR) is 268 cm³/mol. The van der Waals surface area contributed by atoms with Crippen LogP contribution in [-0.2, 0) is 12.4 Å². The van der Waals surface area contributed by atoms with E-state index in [0.717, 1.165) is 56.4 Å². The summed E-state index contributed by atoms with van der Waals surface area (Å²) >= 11 is 0. The summed E-state index contributed by atoms with van der Waals surface area (Å²) in [7, 11) is 0. The average Bonchev–Trinajstić information content (AvgIpc) is 3.90. The molecule has 4 heterocycles. The Hall–Kier alpha value is -8.76. The average molecular weight is 927 g/mol. The molecule has 70 heavy (non-hydrogen) atoms. The Morgan fingerprint density at radius 1 is 0.329 bits per heavy atom. The van der Waals surface area contributed by atoms with Crippen molar-refractivity contribution in [2.75, 3.05) is 0 Å². The molecule has 0 bridgehead atoms. The predicted octanol–water partition coefficient (Wildman–Crippen LogP) is 17.0. The summed E-state index contributed by atoms with van der Waals surface area (Å²) in [5.41, 5.74) is 5.68. The summed E-state index contributed by atoms with van der Waals surface area (Å²) in [5.74, 6) is 0. The second kappa shape index (κ2) is 16.5. The van der Waals surface area contributed by atoms with Crippen molar-refractivity contribution in [3.05, 3.63) is 230 Å². The Bertz CT molecular complexity index is 3980. The number of alkyl halides is 6. The highest BCUT2D eigenvalue weighted by Crippen LogP contribution is 2.49. The van der Waals surface area contributed by atoms with Gasteiger partial charge in [-0.15, -0.1) is 0 Å². The van der Waals surface area contributed by atoms with Gasteiger partial charge >= 0.3 is 12.4 Å². The molecule has 0 amide bonds. The number of pyridine rings is 2. The SMILES string of the molecule is FC(F)(F)c1cccc(-c2ccc(-n3c4ccccc4c4ccc(-c5ccnc(-c6ccccc6)c5)cc43)c(C(F)(F)F)c2-n2c3ccccc3c3ccc(-c4ccnc(-c5ccccc5)c4)cc32)c1. The molecule has 0 spiro atoms. The quantitative estimate of drug-likeness (QED) is 0.149. The maximum atomic E-state index is 16.9. The van der Waals surface area contributed by atoms with Gasteiger partial charge in [-0.05, 0) is 94.5 Å². The van der Waals surface area contributed by atoms with Gasteiger partial charge in [-0.1, -0.05) is 140 Å². The number of hydrogen-bond donors (Lipinski definition) is 0. The Morgan fingerprint density at radius 2 is 0.800 bits per heavy atom. The first kappa shape index (κ1) is 42.6. The highest BCUT2D eigenvalue weighted by atomic mass is 19.4. The molecule has 4 nitrogen and oxygen atoms in total. The molecule has 8 aromatic carbocycles. The summed E-state index contributed by atoms with van der Waals surface area (Å²) < 4.78 is 97.5. The minimum absolute atomic E-state index is 0.0259. The summed E-state index contributed by atoms with van der Waals surface area (Å²) in [5, 5.41) is 2.79. The second-order valence-electron chi connectivity index (χ2n) is 17.2. The van der Waals surface area contributed by atoms with Crippen LogP contribution in [0.2, 0.25) is 0 Å². The third-order valence-corrected chi connectivity index (χ3v) is 13.1. The van der Waals surface area contributed by atoms with Crippen LogP contribution in [0.3, 0.4) is 0 Å². The minimum atomic E-state index is -5.06. The zero-order valence-corrected chi connectivity index (χ0v) is 36.8. The van der Waals surface area contributed by atoms with Crippen molar-refractivity contribution < 1.29 is 26.3 Å². The van der Waals surface area contributed by atoms with Gasteiger partial charge in [-0.25, -0.2) is 0 Å². The first-order valence-corrected chi connectivity index (χ1v) is 22.5. The topological polar surface area (TPSA) is 35.6 Å². The zero-order chi connectivity index (χ0) is 47.7. The highest BCUT2D eigenvalue weighted by Gasteiger charge is 2.41. The van der Waals surface area contributed by atoms with Crippen molar-refractivity contribution >= 4 is 43.6 Å². The van der Waals surface area contributed by atoms with Crippen LogP contribution >= 0.6 is 0 Å². The number of aromatic nitrogens is 4. The fourth-order valence-corrected chi connectivity index (χ4v) is 9.93. The smallest absolute Gasteiger partial charge is 0.309 e. The van der Waals surface area contributed by atoms with Crippen LogP contribution in [0.1, 0.15) is 11.1 Å². The zero-order valence-electron chi connectivity index (χ0n) is 36.8. The lowest BCUT2D eigenvalue weighted by atomic mass is 9.95. The van der Waals surface area contributed by atoms with E-state index in [1.54, 1.807) is 45.8 Å². The molecule has 12 aromatic rings. The van der Waals surface area contributed by atoms with E-state index in [1.807, 2.05) is 146 Å². The molecule has 4 aromatic heterocycles. The van der Waals surface area contributed by atoms with Crippen LogP contribution in [0.4, 0.5) is 26.3 Å². The number of fused-ring (bicyclic) bond motifs is 6. The van der Waals surface area contributed by atoms with Crippen LogP contribution in [0.25, 0.3) is 111 Å². The number of hydrogen-bond acceptors (Lipinski definition) is 2. The van der Waals surface area contributed by atoms with Crippen molar-refractivity contribution in [3.63, 3.8) is 0 Å². The molecule has 0 unspecified atom stereocenters. The second-order valence-corrected chi connectivity index (χ2v) is 17.2. The molecular formula is C60H36F6N4. The molecule has 10 heteroatoms. The molecule has 0 aliphatic heterocycles. The van der Waals surface area contributed by atoms with Gasteiger partial charge in [0.25, 0.3) is 0 Å². The van der Waals surface area contributed by atoms with E-state index in [9.17, 15) is 13.2 Å². The Balaban J connectivity index is 1.17. The number of halogens is 6. The van der Waals surface area contributed by atoms with Crippen molar-refractivity contribution in [1.82, 2.24) is 19.1 Å².